The quantitative estimate of drug-likeness (QED) is 0.638. The third kappa shape index (κ3) is 3.84. The molecule has 1 heterocycles. The van der Waals surface area contributed by atoms with Crippen LogP contribution in [0.25, 0.3) is 0 Å². The maximum Gasteiger partial charge on any atom is 0.211 e. The lowest BCUT2D eigenvalue weighted by molar-refractivity contribution is 0.209. The molecule has 1 saturated heterocycles. The summed E-state index contributed by atoms with van der Waals surface area (Å²) in [6.07, 6.45) is 5.91. The van der Waals surface area contributed by atoms with Crippen molar-refractivity contribution in [3.8, 4) is 0 Å². The number of guanidine groups is 1. The van der Waals surface area contributed by atoms with Crippen LogP contribution in [-0.4, -0.2) is 44.6 Å². The Morgan fingerprint density at radius 1 is 1.35 bits per heavy atom. The molecule has 23 heavy (non-hydrogen) atoms. The van der Waals surface area contributed by atoms with Gasteiger partial charge in [0.15, 0.2) is 5.96 Å². The number of hydrogen-bond acceptors (Lipinski definition) is 3. The van der Waals surface area contributed by atoms with E-state index >= 15 is 0 Å². The van der Waals surface area contributed by atoms with Gasteiger partial charge in [0.1, 0.15) is 0 Å². The second-order valence-corrected chi connectivity index (χ2v) is 8.43. The minimum Gasteiger partial charge on any atom is -0.370 e. The molecular weight excluding hydrogens is 312 g/mol. The molecule has 6 nitrogen and oxygen atoms in total. The van der Waals surface area contributed by atoms with Crippen molar-refractivity contribution in [3.63, 3.8) is 0 Å². The normalized spacial score (nSPS) is 20.0. The van der Waals surface area contributed by atoms with Crippen LogP contribution in [0.4, 0.5) is 5.69 Å². The molecule has 1 aromatic rings. The van der Waals surface area contributed by atoms with Crippen molar-refractivity contribution in [1.82, 2.24) is 4.31 Å². The zero-order chi connectivity index (χ0) is 16.4. The Morgan fingerprint density at radius 2 is 2.09 bits per heavy atom. The number of aliphatic imine (C=N–C) groups is 1. The maximum absolute atomic E-state index is 11.3. The molecule has 1 aliphatic carbocycles. The minimum absolute atomic E-state index is 0.259. The van der Waals surface area contributed by atoms with Crippen molar-refractivity contribution in [2.75, 3.05) is 31.2 Å². The summed E-state index contributed by atoms with van der Waals surface area (Å²) in [5, 5.41) is 3.21. The van der Waals surface area contributed by atoms with Gasteiger partial charge in [-0.2, -0.15) is 0 Å². The van der Waals surface area contributed by atoms with Crippen molar-refractivity contribution in [1.29, 1.82) is 0 Å². The Hall–Kier alpha value is -1.60. The van der Waals surface area contributed by atoms with Crippen LogP contribution in [0, 0.1) is 5.92 Å². The summed E-state index contributed by atoms with van der Waals surface area (Å²) in [4.78, 5) is 4.37. The molecule has 3 N–H and O–H groups in total. The molecule has 0 radical (unpaired) electrons. The van der Waals surface area contributed by atoms with Crippen LogP contribution in [0.15, 0.2) is 23.2 Å². The molecule has 126 valence electrons. The number of hydrogen-bond donors (Lipinski definition) is 2. The fourth-order valence-corrected chi connectivity index (χ4v) is 4.18. The van der Waals surface area contributed by atoms with Crippen LogP contribution in [-0.2, 0) is 22.9 Å². The highest BCUT2D eigenvalue weighted by molar-refractivity contribution is 7.88. The summed E-state index contributed by atoms with van der Waals surface area (Å²) in [5.41, 5.74) is 9.79. The van der Waals surface area contributed by atoms with Gasteiger partial charge < -0.3 is 11.1 Å². The summed E-state index contributed by atoms with van der Waals surface area (Å²) >= 11 is 0. The van der Waals surface area contributed by atoms with Gasteiger partial charge in [-0.15, -0.1) is 0 Å². The van der Waals surface area contributed by atoms with Gasteiger partial charge in [0.25, 0.3) is 0 Å². The topological polar surface area (TPSA) is 87.8 Å². The fraction of sp³-hybridized carbons (Fsp3) is 0.562. The second kappa shape index (κ2) is 6.49. The van der Waals surface area contributed by atoms with E-state index in [0.717, 1.165) is 18.5 Å². The summed E-state index contributed by atoms with van der Waals surface area (Å²) in [5.74, 6) is 0.663. The first kappa shape index (κ1) is 16.3. The lowest BCUT2D eigenvalue weighted by Crippen LogP contribution is -2.50. The predicted octanol–water partition coefficient (Wildman–Crippen LogP) is 1.18. The minimum atomic E-state index is -3.06. The zero-order valence-corrected chi connectivity index (χ0v) is 14.3. The van der Waals surface area contributed by atoms with Crippen LogP contribution in [0.2, 0.25) is 0 Å². The number of nitrogens with one attached hydrogen (secondary N) is 1. The van der Waals surface area contributed by atoms with Crippen molar-refractivity contribution in [2.45, 2.75) is 25.7 Å². The number of anilines is 1. The van der Waals surface area contributed by atoms with E-state index in [1.54, 1.807) is 0 Å². The second-order valence-electron chi connectivity index (χ2n) is 6.45. The summed E-state index contributed by atoms with van der Waals surface area (Å²) < 4.78 is 24.1. The van der Waals surface area contributed by atoms with Gasteiger partial charge in [-0.25, -0.2) is 12.7 Å². The molecule has 1 aromatic carbocycles. The van der Waals surface area contributed by atoms with E-state index in [2.05, 4.69) is 22.4 Å². The monoisotopic (exact) mass is 336 g/mol. The SMILES string of the molecule is CS(=O)(=O)N1CC(CN=C(N)Nc2cccc3c2CCCC3)C1. The van der Waals surface area contributed by atoms with Crippen LogP contribution in [0.1, 0.15) is 24.0 Å². The molecule has 1 aliphatic heterocycles. The molecule has 3 rings (SSSR count). The van der Waals surface area contributed by atoms with Gasteiger partial charge in [0, 0.05) is 31.2 Å². The summed E-state index contributed by atoms with van der Waals surface area (Å²) in [7, 11) is -3.06. The molecule has 0 aromatic heterocycles. The number of nitrogens with zero attached hydrogens (tertiary/aromatic N) is 2. The number of benzene rings is 1. The molecule has 0 atom stereocenters. The number of nitrogens with two attached hydrogens (primary N) is 1. The van der Waals surface area contributed by atoms with Gasteiger partial charge in [-0.05, 0) is 42.9 Å². The Labute approximate surface area is 137 Å². The van der Waals surface area contributed by atoms with Crippen molar-refractivity contribution >= 4 is 21.7 Å². The summed E-state index contributed by atoms with van der Waals surface area (Å²) in [6, 6.07) is 6.28. The fourth-order valence-electron chi connectivity index (χ4n) is 3.21. The van der Waals surface area contributed by atoms with Crippen molar-refractivity contribution in [3.05, 3.63) is 29.3 Å². The van der Waals surface area contributed by atoms with E-state index in [4.69, 9.17) is 5.73 Å². The number of sulfonamides is 1. The van der Waals surface area contributed by atoms with Crippen LogP contribution < -0.4 is 11.1 Å². The largest absolute Gasteiger partial charge is 0.370 e. The average molecular weight is 336 g/mol. The van der Waals surface area contributed by atoms with Gasteiger partial charge >= 0.3 is 0 Å². The smallest absolute Gasteiger partial charge is 0.211 e. The Kier molecular flexibility index (Phi) is 4.59. The van der Waals surface area contributed by atoms with Gasteiger partial charge in [-0.3, -0.25) is 4.99 Å². The van der Waals surface area contributed by atoms with Crippen molar-refractivity contribution < 1.29 is 8.42 Å². The molecule has 0 unspecified atom stereocenters. The molecule has 7 heteroatoms. The first-order chi connectivity index (χ1) is 10.9. The van der Waals surface area contributed by atoms with E-state index in [1.165, 1.54) is 34.5 Å². The molecule has 1 fully saturated rings. The third-order valence-electron chi connectivity index (χ3n) is 4.57. The molecular formula is C16H24N4O2S. The molecule has 2 aliphatic rings. The number of aryl methyl sites for hydroxylation is 1. The average Bonchev–Trinajstić information content (AvgIpc) is 2.44. The predicted molar refractivity (Wildman–Crippen MR) is 93.1 cm³/mol. The highest BCUT2D eigenvalue weighted by Gasteiger charge is 2.32. The van der Waals surface area contributed by atoms with E-state index in [0.29, 0.717) is 25.6 Å². The zero-order valence-electron chi connectivity index (χ0n) is 13.5. The van der Waals surface area contributed by atoms with Crippen LogP contribution in [0.3, 0.4) is 0 Å². The molecule has 0 amide bonds. The molecule has 0 saturated carbocycles. The maximum atomic E-state index is 11.3. The van der Waals surface area contributed by atoms with Crippen LogP contribution in [0.5, 0.6) is 0 Å². The first-order valence-corrected chi connectivity index (χ1v) is 9.91. The molecule has 0 bridgehead atoms. The van der Waals surface area contributed by atoms with Crippen molar-refractivity contribution in [2.24, 2.45) is 16.6 Å². The Morgan fingerprint density at radius 3 is 2.83 bits per heavy atom. The number of fused-ring (bicyclic) bond motifs is 1. The van der Waals surface area contributed by atoms with E-state index in [-0.39, 0.29) is 5.92 Å². The van der Waals surface area contributed by atoms with Gasteiger partial charge in [-0.1, -0.05) is 12.1 Å². The van der Waals surface area contributed by atoms with E-state index in [1.807, 2.05) is 6.07 Å². The van der Waals surface area contributed by atoms with E-state index < -0.39 is 10.0 Å². The Bertz CT molecular complexity index is 709. The third-order valence-corrected chi connectivity index (χ3v) is 5.81. The van der Waals surface area contributed by atoms with Crippen LogP contribution >= 0.6 is 0 Å². The lowest BCUT2D eigenvalue weighted by Gasteiger charge is -2.36. The van der Waals surface area contributed by atoms with Gasteiger partial charge in [0.2, 0.25) is 10.0 Å². The molecule has 0 spiro atoms. The van der Waals surface area contributed by atoms with E-state index in [9.17, 15) is 8.42 Å². The standard InChI is InChI=1S/C16H24N4O2S/c1-23(21,22)20-10-12(11-20)9-18-16(17)19-15-8-4-6-13-5-2-3-7-14(13)15/h4,6,8,12H,2-3,5,7,9-11H2,1H3,(H3,17,18,19). The Balaban J connectivity index is 1.57. The lowest BCUT2D eigenvalue weighted by atomic mass is 9.90. The summed E-state index contributed by atoms with van der Waals surface area (Å²) in [6.45, 7) is 1.63. The number of rotatable bonds is 4. The highest BCUT2D eigenvalue weighted by Crippen LogP contribution is 2.27. The highest BCUT2D eigenvalue weighted by atomic mass is 32.2. The van der Waals surface area contributed by atoms with Gasteiger partial charge in [0.05, 0.1) is 6.26 Å². The first-order valence-electron chi connectivity index (χ1n) is 8.06.